The first kappa shape index (κ1) is 25.3. The van der Waals surface area contributed by atoms with Crippen molar-refractivity contribution in [2.24, 2.45) is 0 Å². The SMILES string of the molecule is Cc1noc(-c2cccc(-c3ccc4c(ccn4CC(=O)O)c3)c2)c1CC(=O)OC(C)c1ccccc1Cl. The molecule has 0 saturated heterocycles. The van der Waals surface area contributed by atoms with Gasteiger partial charge in [-0.2, -0.15) is 0 Å². The minimum absolute atomic E-state index is 0.00669. The van der Waals surface area contributed by atoms with Crippen LogP contribution in [0.1, 0.15) is 29.8 Å². The summed E-state index contributed by atoms with van der Waals surface area (Å²) in [5.41, 5.74) is 5.59. The highest BCUT2D eigenvalue weighted by Gasteiger charge is 2.21. The van der Waals surface area contributed by atoms with Crippen LogP contribution in [-0.2, 0) is 27.3 Å². The van der Waals surface area contributed by atoms with E-state index in [1.807, 2.05) is 66.7 Å². The van der Waals surface area contributed by atoms with Gasteiger partial charge >= 0.3 is 11.9 Å². The van der Waals surface area contributed by atoms with E-state index in [2.05, 4.69) is 5.16 Å². The average Bonchev–Trinajstić information content (AvgIpc) is 3.46. The Hall–Kier alpha value is -4.36. The topological polar surface area (TPSA) is 94.6 Å². The fourth-order valence-electron chi connectivity index (χ4n) is 4.58. The maximum atomic E-state index is 12.8. The van der Waals surface area contributed by atoms with Crippen molar-refractivity contribution >= 4 is 34.4 Å². The summed E-state index contributed by atoms with van der Waals surface area (Å²) in [6, 6.07) is 22.9. The maximum absolute atomic E-state index is 12.8. The molecule has 7 nitrogen and oxygen atoms in total. The van der Waals surface area contributed by atoms with Crippen LogP contribution < -0.4 is 0 Å². The van der Waals surface area contributed by atoms with Crippen molar-refractivity contribution in [2.45, 2.75) is 32.9 Å². The molecule has 0 aliphatic rings. The van der Waals surface area contributed by atoms with E-state index in [4.69, 9.17) is 26.0 Å². The van der Waals surface area contributed by atoms with Crippen LogP contribution >= 0.6 is 11.6 Å². The van der Waals surface area contributed by atoms with Crippen molar-refractivity contribution in [1.29, 1.82) is 0 Å². The van der Waals surface area contributed by atoms with Crippen molar-refractivity contribution in [3.8, 4) is 22.5 Å². The van der Waals surface area contributed by atoms with E-state index in [0.29, 0.717) is 22.0 Å². The van der Waals surface area contributed by atoms with Crippen LogP contribution in [0.2, 0.25) is 5.02 Å². The summed E-state index contributed by atoms with van der Waals surface area (Å²) in [5, 5.41) is 14.7. The summed E-state index contributed by atoms with van der Waals surface area (Å²) < 4.78 is 13.0. The number of aromatic nitrogens is 2. The smallest absolute Gasteiger partial charge is 0.323 e. The molecule has 0 spiro atoms. The lowest BCUT2D eigenvalue weighted by atomic mass is 9.98. The number of hydrogen-bond donors (Lipinski definition) is 1. The summed E-state index contributed by atoms with van der Waals surface area (Å²) in [4.78, 5) is 24.0. The zero-order valence-corrected chi connectivity index (χ0v) is 21.6. The third-order valence-corrected chi connectivity index (χ3v) is 6.84. The Labute approximate surface area is 224 Å². The Kier molecular flexibility index (Phi) is 7.03. The number of benzene rings is 3. The molecule has 0 bridgehead atoms. The number of rotatable bonds is 8. The number of carbonyl (C=O) groups excluding carboxylic acids is 1. The molecule has 0 saturated carbocycles. The van der Waals surface area contributed by atoms with Gasteiger partial charge in [0.15, 0.2) is 5.76 Å². The van der Waals surface area contributed by atoms with Gasteiger partial charge < -0.3 is 18.9 Å². The minimum Gasteiger partial charge on any atom is -0.480 e. The van der Waals surface area contributed by atoms with E-state index in [9.17, 15) is 9.59 Å². The quantitative estimate of drug-likeness (QED) is 0.221. The van der Waals surface area contributed by atoms with Crippen molar-refractivity contribution in [2.75, 3.05) is 0 Å². The molecule has 0 fully saturated rings. The Morgan fingerprint density at radius 3 is 2.58 bits per heavy atom. The van der Waals surface area contributed by atoms with Gasteiger partial charge in [0.1, 0.15) is 12.6 Å². The van der Waals surface area contributed by atoms with E-state index in [1.54, 1.807) is 30.7 Å². The van der Waals surface area contributed by atoms with E-state index >= 15 is 0 Å². The molecule has 1 unspecified atom stereocenters. The van der Waals surface area contributed by atoms with Gasteiger partial charge in [0, 0.05) is 38.8 Å². The molecular formula is C30H25ClN2O5. The Morgan fingerprint density at radius 2 is 1.79 bits per heavy atom. The Morgan fingerprint density at radius 1 is 1.03 bits per heavy atom. The molecule has 2 aromatic heterocycles. The Balaban J connectivity index is 1.39. The van der Waals surface area contributed by atoms with E-state index in [0.717, 1.165) is 33.2 Å². The number of carbonyl (C=O) groups is 2. The summed E-state index contributed by atoms with van der Waals surface area (Å²) in [7, 11) is 0. The number of fused-ring (bicyclic) bond motifs is 1. The summed E-state index contributed by atoms with van der Waals surface area (Å²) in [6.45, 7) is 3.49. The highest BCUT2D eigenvalue weighted by molar-refractivity contribution is 6.31. The van der Waals surface area contributed by atoms with Gasteiger partial charge in [-0.3, -0.25) is 9.59 Å². The van der Waals surface area contributed by atoms with Gasteiger partial charge in [-0.05, 0) is 55.3 Å². The fraction of sp³-hybridized carbons (Fsp3) is 0.167. The number of ether oxygens (including phenoxy) is 1. The second kappa shape index (κ2) is 10.6. The first-order valence-corrected chi connectivity index (χ1v) is 12.5. The largest absolute Gasteiger partial charge is 0.480 e. The zero-order chi connectivity index (χ0) is 26.8. The number of carboxylic acids is 1. The van der Waals surface area contributed by atoms with Crippen LogP contribution in [0.3, 0.4) is 0 Å². The minimum atomic E-state index is -0.889. The molecule has 0 amide bonds. The van der Waals surface area contributed by atoms with Crippen LogP contribution in [0.25, 0.3) is 33.4 Å². The van der Waals surface area contributed by atoms with Crippen LogP contribution in [0, 0.1) is 6.92 Å². The third-order valence-electron chi connectivity index (χ3n) is 6.49. The second-order valence-corrected chi connectivity index (χ2v) is 9.51. The van der Waals surface area contributed by atoms with Gasteiger partial charge in [0.2, 0.25) is 0 Å². The molecule has 0 aliphatic heterocycles. The van der Waals surface area contributed by atoms with Gasteiger partial charge in [0.05, 0.1) is 12.1 Å². The molecule has 5 aromatic rings. The number of carboxylic acid groups (broad SMARTS) is 1. The van der Waals surface area contributed by atoms with Crippen molar-refractivity contribution < 1.29 is 24.0 Å². The number of halogens is 1. The lowest BCUT2D eigenvalue weighted by molar-refractivity contribution is -0.147. The molecule has 2 heterocycles. The molecule has 1 N–H and O–H groups in total. The lowest BCUT2D eigenvalue weighted by Gasteiger charge is -2.15. The average molecular weight is 529 g/mol. The monoisotopic (exact) mass is 528 g/mol. The highest BCUT2D eigenvalue weighted by Crippen LogP contribution is 2.33. The number of aliphatic carboxylic acids is 1. The van der Waals surface area contributed by atoms with Gasteiger partial charge in [0.25, 0.3) is 0 Å². The molecule has 1 atom stereocenters. The van der Waals surface area contributed by atoms with Crippen molar-refractivity contribution in [3.05, 3.63) is 101 Å². The third kappa shape index (κ3) is 5.19. The molecular weight excluding hydrogens is 504 g/mol. The van der Waals surface area contributed by atoms with E-state index in [-0.39, 0.29) is 13.0 Å². The van der Waals surface area contributed by atoms with Crippen molar-refractivity contribution in [3.63, 3.8) is 0 Å². The zero-order valence-electron chi connectivity index (χ0n) is 20.8. The fourth-order valence-corrected chi connectivity index (χ4v) is 4.87. The first-order valence-electron chi connectivity index (χ1n) is 12.1. The maximum Gasteiger partial charge on any atom is 0.323 e. The molecule has 38 heavy (non-hydrogen) atoms. The van der Waals surface area contributed by atoms with Gasteiger partial charge in [-0.25, -0.2) is 0 Å². The summed E-state index contributed by atoms with van der Waals surface area (Å²) >= 11 is 6.25. The molecule has 3 aromatic carbocycles. The van der Waals surface area contributed by atoms with Crippen LogP contribution in [-0.4, -0.2) is 26.8 Å². The van der Waals surface area contributed by atoms with E-state index < -0.39 is 18.0 Å². The number of nitrogens with zero attached hydrogens (tertiary/aromatic N) is 2. The first-order chi connectivity index (χ1) is 18.3. The van der Waals surface area contributed by atoms with E-state index in [1.165, 1.54) is 0 Å². The Bertz CT molecular complexity index is 1650. The molecule has 192 valence electrons. The standard InChI is InChI=1S/C30H25ClN2O5/c1-18-25(16-29(36)37-19(2)24-8-3-4-9-26(24)31)30(38-32-18)23-7-5-6-20(15-23)21-10-11-27-22(14-21)12-13-33(27)17-28(34)35/h3-15,19H,16-17H2,1-2H3,(H,34,35). The highest BCUT2D eigenvalue weighted by atomic mass is 35.5. The van der Waals surface area contributed by atoms with Gasteiger partial charge in [-0.1, -0.05) is 59.2 Å². The number of hydrogen-bond acceptors (Lipinski definition) is 5. The predicted molar refractivity (Wildman–Crippen MR) is 145 cm³/mol. The van der Waals surface area contributed by atoms with Crippen molar-refractivity contribution in [1.82, 2.24) is 9.72 Å². The number of esters is 1. The lowest BCUT2D eigenvalue weighted by Crippen LogP contribution is -2.12. The molecule has 0 radical (unpaired) electrons. The van der Waals surface area contributed by atoms with Crippen LogP contribution in [0.4, 0.5) is 0 Å². The van der Waals surface area contributed by atoms with Gasteiger partial charge in [-0.15, -0.1) is 0 Å². The number of aryl methyl sites for hydroxylation is 1. The molecule has 8 heteroatoms. The predicted octanol–water partition coefficient (Wildman–Crippen LogP) is 6.86. The second-order valence-electron chi connectivity index (χ2n) is 9.10. The van der Waals surface area contributed by atoms with Crippen LogP contribution in [0.15, 0.2) is 83.5 Å². The molecule has 0 aliphatic carbocycles. The molecule has 5 rings (SSSR count). The summed E-state index contributed by atoms with van der Waals surface area (Å²) in [6.07, 6.45) is 1.28. The summed E-state index contributed by atoms with van der Waals surface area (Å²) in [5.74, 6) is -0.780. The van der Waals surface area contributed by atoms with Crippen LogP contribution in [0.5, 0.6) is 0 Å². The normalized spacial score (nSPS) is 12.0.